The van der Waals surface area contributed by atoms with Gasteiger partial charge in [0.25, 0.3) is 0 Å². The number of hydrogen-bond acceptors (Lipinski definition) is 9. The summed E-state index contributed by atoms with van der Waals surface area (Å²) in [5.41, 5.74) is 5.15. The molecule has 2 unspecified atom stereocenters. The minimum Gasteiger partial charge on any atom is -0.480 e. The lowest BCUT2D eigenvalue weighted by molar-refractivity contribution is -0.119. The number of carbonyl (C=O) groups excluding carboxylic acids is 1. The van der Waals surface area contributed by atoms with E-state index in [0.717, 1.165) is 12.8 Å². The van der Waals surface area contributed by atoms with Crippen LogP contribution in [0.5, 0.6) is 11.8 Å². The lowest BCUT2D eigenvalue weighted by atomic mass is 9.98. The summed E-state index contributed by atoms with van der Waals surface area (Å²) in [5.74, 6) is 0.840. The molecule has 246 valence electrons. The Bertz CT molecular complexity index is 1760. The van der Waals surface area contributed by atoms with Gasteiger partial charge in [0.2, 0.25) is 17.7 Å². The van der Waals surface area contributed by atoms with Gasteiger partial charge in [0.15, 0.2) is 0 Å². The van der Waals surface area contributed by atoms with Crippen molar-refractivity contribution >= 4 is 29.1 Å². The van der Waals surface area contributed by atoms with E-state index in [1.165, 1.54) is 0 Å². The van der Waals surface area contributed by atoms with E-state index in [9.17, 15) is 9.18 Å². The summed E-state index contributed by atoms with van der Waals surface area (Å²) in [4.78, 5) is 30.1. The highest BCUT2D eigenvalue weighted by atomic mass is 35.5. The normalized spacial score (nSPS) is 19.2. The van der Waals surface area contributed by atoms with E-state index in [1.807, 2.05) is 36.4 Å². The van der Waals surface area contributed by atoms with Gasteiger partial charge in [0.05, 0.1) is 48.0 Å². The Labute approximate surface area is 282 Å². The molecule has 1 aliphatic heterocycles. The van der Waals surface area contributed by atoms with Gasteiger partial charge in [-0.3, -0.25) is 14.8 Å². The number of alkyl halides is 1. The van der Waals surface area contributed by atoms with Gasteiger partial charge in [-0.2, -0.15) is 0 Å². The molecule has 2 aromatic heterocycles. The van der Waals surface area contributed by atoms with E-state index >= 15 is 0 Å². The molecule has 3 heterocycles. The van der Waals surface area contributed by atoms with Gasteiger partial charge in [-0.15, -0.1) is 0 Å². The first kappa shape index (κ1) is 33.0. The van der Waals surface area contributed by atoms with Crippen LogP contribution < -0.4 is 25.4 Å². The predicted molar refractivity (Wildman–Crippen MR) is 179 cm³/mol. The van der Waals surface area contributed by atoms with Crippen LogP contribution in [0.1, 0.15) is 43.5 Å². The summed E-state index contributed by atoms with van der Waals surface area (Å²) >= 11 is 14.0. The highest BCUT2D eigenvalue weighted by Crippen LogP contribution is 2.42. The summed E-state index contributed by atoms with van der Waals surface area (Å²) in [6.45, 7) is 1.49. The minimum atomic E-state index is -0.755. The summed E-state index contributed by atoms with van der Waals surface area (Å²) < 4.78 is 24.7. The SMILES string of the molecule is COc1nc(-c2cccc(-c3cccc(-c4cnc(CNC5CCC(F)C5)c(OC)n4)c3Cl)c2Cl)cnc1CNC[C@@H]1CCC(=O)N1. The van der Waals surface area contributed by atoms with Crippen LogP contribution in [0, 0.1) is 0 Å². The molecule has 10 nitrogen and oxygen atoms in total. The zero-order chi connectivity index (χ0) is 32.9. The molecule has 1 saturated carbocycles. The highest BCUT2D eigenvalue weighted by molar-refractivity contribution is 6.39. The summed E-state index contributed by atoms with van der Waals surface area (Å²) in [6, 6.07) is 11.5. The molecule has 13 heteroatoms. The van der Waals surface area contributed by atoms with Gasteiger partial charge in [-0.1, -0.05) is 59.6 Å². The Hall–Kier alpha value is -3.90. The monoisotopic (exact) mass is 679 g/mol. The summed E-state index contributed by atoms with van der Waals surface area (Å²) in [6.07, 6.45) is 5.83. The molecule has 3 atom stereocenters. The third-order valence-corrected chi connectivity index (χ3v) is 9.36. The predicted octanol–water partition coefficient (Wildman–Crippen LogP) is 5.94. The van der Waals surface area contributed by atoms with Crippen molar-refractivity contribution in [3.63, 3.8) is 0 Å². The van der Waals surface area contributed by atoms with Crippen molar-refractivity contribution in [1.82, 2.24) is 35.9 Å². The first-order chi connectivity index (χ1) is 22.8. The molecule has 0 radical (unpaired) electrons. The van der Waals surface area contributed by atoms with Crippen molar-refractivity contribution in [2.45, 2.75) is 63.4 Å². The van der Waals surface area contributed by atoms with Gasteiger partial charge in [-0.25, -0.2) is 14.4 Å². The Balaban J connectivity index is 1.22. The first-order valence-electron chi connectivity index (χ1n) is 15.6. The number of nitrogens with zero attached hydrogens (tertiary/aromatic N) is 4. The fourth-order valence-electron chi connectivity index (χ4n) is 6.05. The van der Waals surface area contributed by atoms with Crippen LogP contribution in [0.25, 0.3) is 33.6 Å². The molecular weight excluding hydrogens is 644 g/mol. The molecule has 6 rings (SSSR count). The number of hydrogen-bond donors (Lipinski definition) is 3. The van der Waals surface area contributed by atoms with Gasteiger partial charge in [0, 0.05) is 60.4 Å². The van der Waals surface area contributed by atoms with E-state index in [-0.39, 0.29) is 18.0 Å². The minimum absolute atomic E-state index is 0.0797. The number of methoxy groups -OCH3 is 2. The third-order valence-electron chi connectivity index (χ3n) is 8.54. The van der Waals surface area contributed by atoms with Crippen LogP contribution in [0.3, 0.4) is 0 Å². The molecule has 1 amide bonds. The number of rotatable bonds is 12. The van der Waals surface area contributed by atoms with E-state index < -0.39 is 6.17 Å². The molecule has 1 saturated heterocycles. The van der Waals surface area contributed by atoms with Crippen LogP contribution in [0.2, 0.25) is 10.0 Å². The lowest BCUT2D eigenvalue weighted by Gasteiger charge is -2.16. The van der Waals surface area contributed by atoms with Crippen molar-refractivity contribution in [2.24, 2.45) is 0 Å². The smallest absolute Gasteiger partial charge is 0.237 e. The summed E-state index contributed by atoms with van der Waals surface area (Å²) in [5, 5.41) is 10.5. The molecule has 3 N–H and O–H groups in total. The van der Waals surface area contributed by atoms with E-state index in [4.69, 9.17) is 42.6 Å². The number of amides is 1. The lowest BCUT2D eigenvalue weighted by Crippen LogP contribution is -2.35. The van der Waals surface area contributed by atoms with Gasteiger partial charge in [0.1, 0.15) is 17.6 Å². The fraction of sp³-hybridized carbons (Fsp3) is 0.382. The molecule has 47 heavy (non-hydrogen) atoms. The maximum Gasteiger partial charge on any atom is 0.237 e. The average Bonchev–Trinajstić information content (AvgIpc) is 3.71. The number of ether oxygens (including phenoxy) is 2. The first-order valence-corrected chi connectivity index (χ1v) is 16.4. The van der Waals surface area contributed by atoms with Gasteiger partial charge >= 0.3 is 0 Å². The van der Waals surface area contributed by atoms with Crippen LogP contribution in [-0.4, -0.2) is 64.9 Å². The molecular formula is C34H36Cl2FN7O3. The second kappa shape index (κ2) is 14.9. The van der Waals surface area contributed by atoms with Crippen LogP contribution in [0.4, 0.5) is 4.39 Å². The zero-order valence-corrected chi connectivity index (χ0v) is 27.7. The Morgan fingerprint density at radius 1 is 0.851 bits per heavy atom. The molecule has 1 aliphatic carbocycles. The Kier molecular flexibility index (Phi) is 10.5. The largest absolute Gasteiger partial charge is 0.480 e. The summed E-state index contributed by atoms with van der Waals surface area (Å²) in [7, 11) is 3.10. The van der Waals surface area contributed by atoms with Crippen molar-refractivity contribution in [3.05, 3.63) is 70.2 Å². The van der Waals surface area contributed by atoms with E-state index in [0.29, 0.717) is 106 Å². The molecule has 4 aromatic rings. The van der Waals surface area contributed by atoms with Crippen molar-refractivity contribution < 1.29 is 18.7 Å². The fourth-order valence-corrected chi connectivity index (χ4v) is 6.70. The van der Waals surface area contributed by atoms with Gasteiger partial charge < -0.3 is 25.4 Å². The van der Waals surface area contributed by atoms with Crippen LogP contribution in [0.15, 0.2) is 48.8 Å². The zero-order valence-electron chi connectivity index (χ0n) is 26.2. The van der Waals surface area contributed by atoms with Gasteiger partial charge in [-0.05, 0) is 25.7 Å². The molecule has 2 aromatic carbocycles. The maximum atomic E-state index is 13.6. The van der Waals surface area contributed by atoms with Crippen molar-refractivity contribution in [3.8, 4) is 45.4 Å². The topological polar surface area (TPSA) is 123 Å². The molecule has 2 aliphatic rings. The average molecular weight is 681 g/mol. The molecule has 0 bridgehead atoms. The molecule has 0 spiro atoms. The van der Waals surface area contributed by atoms with E-state index in [1.54, 1.807) is 26.6 Å². The highest BCUT2D eigenvalue weighted by Gasteiger charge is 2.25. The standard InChI is InChI=1S/C34H36Cl2FN7O3/c1-46-33-28(15-38-14-21-11-12-30(45)42-21)40-16-26(43-33)24-7-3-5-22(31(24)35)23-6-4-8-25(32(23)36)27-17-41-29(34(44-27)47-2)18-39-20-10-9-19(37)13-20/h3-8,16-17,19-21,38-39H,9-15,18H2,1-2H3,(H,42,45)/t19?,20?,21-/m0/s1. The van der Waals surface area contributed by atoms with Crippen molar-refractivity contribution in [1.29, 1.82) is 0 Å². The van der Waals surface area contributed by atoms with Crippen molar-refractivity contribution in [2.75, 3.05) is 20.8 Å². The quantitative estimate of drug-likeness (QED) is 0.167. The number of carbonyl (C=O) groups is 1. The van der Waals surface area contributed by atoms with E-state index in [2.05, 4.69) is 25.9 Å². The van der Waals surface area contributed by atoms with Crippen LogP contribution >= 0.6 is 23.2 Å². The Morgan fingerprint density at radius 2 is 1.43 bits per heavy atom. The maximum absolute atomic E-state index is 13.6. The molecule has 2 fully saturated rings. The number of benzene rings is 2. The Morgan fingerprint density at radius 3 is 1.94 bits per heavy atom. The second-order valence-electron chi connectivity index (χ2n) is 11.7. The third kappa shape index (κ3) is 7.49. The number of halogens is 3. The second-order valence-corrected chi connectivity index (χ2v) is 12.4. The number of nitrogens with one attached hydrogen (secondary N) is 3. The van der Waals surface area contributed by atoms with Crippen LogP contribution in [-0.2, 0) is 17.9 Å². The number of aromatic nitrogens is 4.